The van der Waals surface area contributed by atoms with Crippen LogP contribution in [0.25, 0.3) is 0 Å². The Morgan fingerprint density at radius 1 is 1.50 bits per heavy atom. The van der Waals surface area contributed by atoms with E-state index in [2.05, 4.69) is 32.2 Å². The molecule has 1 fully saturated rings. The first-order valence-corrected chi connectivity index (χ1v) is 7.73. The Morgan fingerprint density at radius 2 is 2.25 bits per heavy atom. The molecule has 110 valence electrons. The van der Waals surface area contributed by atoms with Gasteiger partial charge < -0.3 is 10.1 Å². The van der Waals surface area contributed by atoms with Crippen molar-refractivity contribution in [2.24, 2.45) is 0 Å². The second-order valence-electron chi connectivity index (χ2n) is 5.32. The molecule has 0 aromatic heterocycles. The topological polar surface area (TPSA) is 41.6 Å². The third kappa shape index (κ3) is 4.04. The molecule has 0 bridgehead atoms. The molecule has 1 amide bonds. The number of rotatable bonds is 4. The van der Waals surface area contributed by atoms with E-state index in [9.17, 15) is 4.79 Å². The van der Waals surface area contributed by atoms with Gasteiger partial charge in [-0.05, 0) is 25.5 Å². The average Bonchev–Trinajstić information content (AvgIpc) is 2.41. The number of nitrogens with one attached hydrogen (secondary N) is 1. The molecule has 4 nitrogen and oxygen atoms in total. The lowest BCUT2D eigenvalue weighted by Crippen LogP contribution is -2.54. The maximum Gasteiger partial charge on any atom is 0.239 e. The van der Waals surface area contributed by atoms with Crippen LogP contribution in [0.5, 0.6) is 0 Å². The van der Waals surface area contributed by atoms with Crippen LogP contribution in [0.1, 0.15) is 19.4 Å². The minimum atomic E-state index is -0.210. The first kappa shape index (κ1) is 15.5. The Morgan fingerprint density at radius 3 is 2.95 bits per heavy atom. The molecule has 20 heavy (non-hydrogen) atoms. The van der Waals surface area contributed by atoms with Crippen LogP contribution in [0.15, 0.2) is 28.7 Å². The molecule has 5 heteroatoms. The number of carbonyl (C=O) groups excluding carboxylic acids is 1. The lowest BCUT2D eigenvalue weighted by molar-refractivity contribution is -0.133. The van der Waals surface area contributed by atoms with Gasteiger partial charge in [0.05, 0.1) is 13.2 Å². The second kappa shape index (κ2) is 7.20. The van der Waals surface area contributed by atoms with Gasteiger partial charge in [0.1, 0.15) is 6.04 Å². The zero-order valence-corrected chi connectivity index (χ0v) is 13.5. The van der Waals surface area contributed by atoms with Crippen molar-refractivity contribution in [1.29, 1.82) is 0 Å². The summed E-state index contributed by atoms with van der Waals surface area (Å²) < 4.78 is 6.55. The van der Waals surface area contributed by atoms with Crippen LogP contribution in [-0.2, 0) is 16.1 Å². The van der Waals surface area contributed by atoms with Gasteiger partial charge in [-0.1, -0.05) is 34.1 Å². The first-order chi connectivity index (χ1) is 9.58. The van der Waals surface area contributed by atoms with E-state index in [0.717, 1.165) is 17.6 Å². The standard InChI is InChI=1S/C15H21BrN2O2/c1-11(2)17-15(19)14-10-20-8-7-18(14)9-12-5-3-4-6-13(12)16/h3-6,11,14H,7-10H2,1-2H3,(H,17,19). The highest BCUT2D eigenvalue weighted by molar-refractivity contribution is 9.10. The van der Waals surface area contributed by atoms with Crippen molar-refractivity contribution in [3.05, 3.63) is 34.3 Å². The van der Waals surface area contributed by atoms with Gasteiger partial charge >= 0.3 is 0 Å². The van der Waals surface area contributed by atoms with Crippen molar-refractivity contribution >= 4 is 21.8 Å². The number of nitrogens with zero attached hydrogens (tertiary/aromatic N) is 1. The lowest BCUT2D eigenvalue weighted by Gasteiger charge is -2.35. The summed E-state index contributed by atoms with van der Waals surface area (Å²) in [5.74, 6) is 0.0479. The van der Waals surface area contributed by atoms with E-state index in [1.54, 1.807) is 0 Å². The van der Waals surface area contributed by atoms with Gasteiger partial charge in [-0.25, -0.2) is 0 Å². The fourth-order valence-electron chi connectivity index (χ4n) is 2.29. The Bertz CT molecular complexity index is 465. The highest BCUT2D eigenvalue weighted by Crippen LogP contribution is 2.20. The number of hydrogen-bond acceptors (Lipinski definition) is 3. The van der Waals surface area contributed by atoms with E-state index >= 15 is 0 Å². The number of halogens is 1. The van der Waals surface area contributed by atoms with Crippen molar-refractivity contribution < 1.29 is 9.53 Å². The Labute approximate surface area is 128 Å². The third-order valence-electron chi connectivity index (χ3n) is 3.30. The van der Waals surface area contributed by atoms with Gasteiger partial charge in [-0.2, -0.15) is 0 Å². The summed E-state index contributed by atoms with van der Waals surface area (Å²) in [6.07, 6.45) is 0. The van der Waals surface area contributed by atoms with E-state index in [1.807, 2.05) is 32.0 Å². The Hall–Kier alpha value is -0.910. The summed E-state index contributed by atoms with van der Waals surface area (Å²) in [5.41, 5.74) is 1.19. The quantitative estimate of drug-likeness (QED) is 0.913. The molecule has 1 aliphatic heterocycles. The summed E-state index contributed by atoms with van der Waals surface area (Å²) in [4.78, 5) is 14.4. The van der Waals surface area contributed by atoms with E-state index in [-0.39, 0.29) is 18.0 Å². The molecule has 1 N–H and O–H groups in total. The van der Waals surface area contributed by atoms with Crippen LogP contribution in [0.2, 0.25) is 0 Å². The largest absolute Gasteiger partial charge is 0.378 e. The van der Waals surface area contributed by atoms with Gasteiger partial charge in [0.25, 0.3) is 0 Å². The van der Waals surface area contributed by atoms with E-state index in [0.29, 0.717) is 13.2 Å². The predicted molar refractivity (Wildman–Crippen MR) is 82.4 cm³/mol. The summed E-state index contributed by atoms with van der Waals surface area (Å²) in [6, 6.07) is 8.06. The van der Waals surface area contributed by atoms with Gasteiger partial charge in [-0.15, -0.1) is 0 Å². The third-order valence-corrected chi connectivity index (χ3v) is 4.08. The monoisotopic (exact) mass is 340 g/mol. The van der Waals surface area contributed by atoms with Crippen molar-refractivity contribution in [3.63, 3.8) is 0 Å². The summed E-state index contributed by atoms with van der Waals surface area (Å²) in [5, 5.41) is 2.97. The van der Waals surface area contributed by atoms with Crippen molar-refractivity contribution in [1.82, 2.24) is 10.2 Å². The van der Waals surface area contributed by atoms with Crippen molar-refractivity contribution in [2.45, 2.75) is 32.5 Å². The predicted octanol–water partition coefficient (Wildman–Crippen LogP) is 2.17. The van der Waals surface area contributed by atoms with Crippen molar-refractivity contribution in [3.8, 4) is 0 Å². The molecule has 0 spiro atoms. The number of carbonyl (C=O) groups is 1. The molecule has 1 aromatic rings. The number of morpholine rings is 1. The number of ether oxygens (including phenoxy) is 1. The van der Waals surface area contributed by atoms with Gasteiger partial charge in [0.2, 0.25) is 5.91 Å². The average molecular weight is 341 g/mol. The lowest BCUT2D eigenvalue weighted by atomic mass is 10.1. The Kier molecular flexibility index (Phi) is 5.57. The first-order valence-electron chi connectivity index (χ1n) is 6.93. The fourth-order valence-corrected chi connectivity index (χ4v) is 2.71. The van der Waals surface area contributed by atoms with Crippen LogP contribution >= 0.6 is 15.9 Å². The molecular weight excluding hydrogens is 320 g/mol. The molecule has 1 aromatic carbocycles. The molecule has 1 heterocycles. The summed E-state index contributed by atoms with van der Waals surface area (Å²) >= 11 is 3.56. The minimum Gasteiger partial charge on any atom is -0.378 e. The SMILES string of the molecule is CC(C)NC(=O)C1COCCN1Cc1ccccc1Br. The maximum atomic E-state index is 12.2. The molecule has 2 rings (SSSR count). The number of amides is 1. The van der Waals surface area contributed by atoms with E-state index in [4.69, 9.17) is 4.74 Å². The van der Waals surface area contributed by atoms with E-state index in [1.165, 1.54) is 5.56 Å². The van der Waals surface area contributed by atoms with Crippen LogP contribution in [-0.4, -0.2) is 42.6 Å². The summed E-state index contributed by atoms with van der Waals surface area (Å²) in [6.45, 7) is 6.61. The number of benzene rings is 1. The summed E-state index contributed by atoms with van der Waals surface area (Å²) in [7, 11) is 0. The molecular formula is C15H21BrN2O2. The molecule has 0 radical (unpaired) electrons. The number of hydrogen-bond donors (Lipinski definition) is 1. The smallest absolute Gasteiger partial charge is 0.239 e. The van der Waals surface area contributed by atoms with Crippen LogP contribution in [0.4, 0.5) is 0 Å². The zero-order valence-electron chi connectivity index (χ0n) is 11.9. The van der Waals surface area contributed by atoms with Crippen LogP contribution in [0, 0.1) is 0 Å². The molecule has 1 saturated heterocycles. The molecule has 1 aliphatic rings. The van der Waals surface area contributed by atoms with Crippen LogP contribution in [0.3, 0.4) is 0 Å². The minimum absolute atomic E-state index is 0.0479. The normalized spacial score (nSPS) is 20.1. The highest BCUT2D eigenvalue weighted by Gasteiger charge is 2.29. The second-order valence-corrected chi connectivity index (χ2v) is 6.17. The molecule has 0 saturated carbocycles. The van der Waals surface area contributed by atoms with Crippen molar-refractivity contribution in [2.75, 3.05) is 19.8 Å². The highest BCUT2D eigenvalue weighted by atomic mass is 79.9. The van der Waals surface area contributed by atoms with E-state index < -0.39 is 0 Å². The maximum absolute atomic E-state index is 12.2. The molecule has 1 atom stereocenters. The van der Waals surface area contributed by atoms with Gasteiger partial charge in [0, 0.05) is 23.6 Å². The van der Waals surface area contributed by atoms with Crippen LogP contribution < -0.4 is 5.32 Å². The molecule has 1 unspecified atom stereocenters. The van der Waals surface area contributed by atoms with Gasteiger partial charge in [-0.3, -0.25) is 9.69 Å². The van der Waals surface area contributed by atoms with Gasteiger partial charge in [0.15, 0.2) is 0 Å². The Balaban J connectivity index is 2.07. The zero-order chi connectivity index (χ0) is 14.5. The molecule has 0 aliphatic carbocycles. The fraction of sp³-hybridized carbons (Fsp3) is 0.533.